The van der Waals surface area contributed by atoms with Gasteiger partial charge in [0.05, 0.1) is 36.2 Å². The fourth-order valence-electron chi connectivity index (χ4n) is 3.46. The molecule has 2 fully saturated rings. The lowest BCUT2D eigenvalue weighted by atomic mass is 10.1. The minimum absolute atomic E-state index is 0.0140. The Balaban J connectivity index is 1.46. The average molecular weight is 398 g/mol. The van der Waals surface area contributed by atoms with Gasteiger partial charge in [-0.3, -0.25) is 9.59 Å². The molecule has 1 aromatic heterocycles. The first-order chi connectivity index (χ1) is 14.0. The predicted molar refractivity (Wildman–Crippen MR) is 104 cm³/mol. The molecule has 1 atom stereocenters. The highest BCUT2D eigenvalue weighted by Gasteiger charge is 2.32. The van der Waals surface area contributed by atoms with Gasteiger partial charge in [-0.2, -0.15) is 0 Å². The van der Waals surface area contributed by atoms with Gasteiger partial charge in [0.15, 0.2) is 0 Å². The molecule has 0 unspecified atom stereocenters. The SMILES string of the molecule is Cc1nc(C2CC2)ncc1C(=O)N1CCOC[C@@H]1CC(=O)Nc1ccccc1F. The van der Waals surface area contributed by atoms with Gasteiger partial charge in [0, 0.05) is 25.1 Å². The van der Waals surface area contributed by atoms with E-state index in [-0.39, 0.29) is 30.5 Å². The van der Waals surface area contributed by atoms with Gasteiger partial charge in [-0.15, -0.1) is 0 Å². The van der Waals surface area contributed by atoms with Gasteiger partial charge in [-0.05, 0) is 31.9 Å². The molecular formula is C21H23FN4O3. The van der Waals surface area contributed by atoms with E-state index in [1.165, 1.54) is 12.1 Å². The van der Waals surface area contributed by atoms with Crippen LogP contribution in [0.5, 0.6) is 0 Å². The lowest BCUT2D eigenvalue weighted by molar-refractivity contribution is -0.118. The Kier molecular flexibility index (Phi) is 5.53. The number of hydrogen-bond donors (Lipinski definition) is 1. The predicted octanol–water partition coefficient (Wildman–Crippen LogP) is 2.67. The van der Waals surface area contributed by atoms with E-state index in [4.69, 9.17) is 4.74 Å². The second kappa shape index (κ2) is 8.24. The Morgan fingerprint density at radius 3 is 2.83 bits per heavy atom. The highest BCUT2D eigenvalue weighted by Crippen LogP contribution is 2.38. The third-order valence-corrected chi connectivity index (χ3v) is 5.23. The van der Waals surface area contributed by atoms with E-state index in [1.54, 1.807) is 30.2 Å². The van der Waals surface area contributed by atoms with Crippen molar-refractivity contribution in [3.8, 4) is 0 Å². The molecule has 1 saturated heterocycles. The number of halogens is 1. The molecule has 7 nitrogen and oxygen atoms in total. The van der Waals surface area contributed by atoms with Gasteiger partial charge in [0.25, 0.3) is 5.91 Å². The molecule has 2 aliphatic rings. The summed E-state index contributed by atoms with van der Waals surface area (Å²) in [4.78, 5) is 36.0. The molecule has 1 aliphatic heterocycles. The van der Waals surface area contributed by atoms with Crippen LogP contribution in [0.15, 0.2) is 30.5 Å². The summed E-state index contributed by atoms with van der Waals surface area (Å²) in [5, 5.41) is 2.56. The number of morpholine rings is 1. The van der Waals surface area contributed by atoms with Crippen molar-refractivity contribution in [1.82, 2.24) is 14.9 Å². The quantitative estimate of drug-likeness (QED) is 0.837. The number of hydrogen-bond acceptors (Lipinski definition) is 5. The van der Waals surface area contributed by atoms with Crippen LogP contribution in [0, 0.1) is 12.7 Å². The Morgan fingerprint density at radius 1 is 1.31 bits per heavy atom. The summed E-state index contributed by atoms with van der Waals surface area (Å²) in [6, 6.07) is 5.54. The van der Waals surface area contributed by atoms with Crippen molar-refractivity contribution in [2.45, 2.75) is 38.1 Å². The summed E-state index contributed by atoms with van der Waals surface area (Å²) in [7, 11) is 0. The molecular weight excluding hydrogens is 375 g/mol. The van der Waals surface area contributed by atoms with Crippen LogP contribution in [0.3, 0.4) is 0 Å². The Labute approximate surface area is 168 Å². The maximum Gasteiger partial charge on any atom is 0.257 e. The van der Waals surface area contributed by atoms with E-state index in [0.717, 1.165) is 18.7 Å². The number of nitrogens with one attached hydrogen (secondary N) is 1. The van der Waals surface area contributed by atoms with Crippen molar-refractivity contribution in [1.29, 1.82) is 0 Å². The van der Waals surface area contributed by atoms with Crippen molar-refractivity contribution in [2.75, 3.05) is 25.1 Å². The molecule has 4 rings (SSSR count). The molecule has 0 bridgehead atoms. The summed E-state index contributed by atoms with van der Waals surface area (Å²) in [6.45, 7) is 2.83. The number of carbonyl (C=O) groups excluding carboxylic acids is 2. The number of carbonyl (C=O) groups is 2. The molecule has 29 heavy (non-hydrogen) atoms. The fourth-order valence-corrected chi connectivity index (χ4v) is 3.46. The molecule has 2 amide bonds. The van der Waals surface area contributed by atoms with E-state index in [0.29, 0.717) is 30.3 Å². The Morgan fingerprint density at radius 2 is 2.10 bits per heavy atom. The van der Waals surface area contributed by atoms with Gasteiger partial charge >= 0.3 is 0 Å². The van der Waals surface area contributed by atoms with Crippen LogP contribution in [0.2, 0.25) is 0 Å². The Hall–Kier alpha value is -2.87. The van der Waals surface area contributed by atoms with E-state index in [2.05, 4.69) is 15.3 Å². The fraction of sp³-hybridized carbons (Fsp3) is 0.429. The van der Waals surface area contributed by atoms with Crippen molar-refractivity contribution < 1.29 is 18.7 Å². The van der Waals surface area contributed by atoms with Crippen molar-refractivity contribution in [3.05, 3.63) is 53.4 Å². The van der Waals surface area contributed by atoms with Crippen LogP contribution in [0.25, 0.3) is 0 Å². The smallest absolute Gasteiger partial charge is 0.257 e. The van der Waals surface area contributed by atoms with Crippen LogP contribution in [-0.2, 0) is 9.53 Å². The molecule has 1 aliphatic carbocycles. The van der Waals surface area contributed by atoms with E-state index < -0.39 is 11.9 Å². The summed E-state index contributed by atoms with van der Waals surface area (Å²) >= 11 is 0. The number of nitrogens with zero attached hydrogens (tertiary/aromatic N) is 3. The minimum Gasteiger partial charge on any atom is -0.377 e. The number of ether oxygens (including phenoxy) is 1. The van der Waals surface area contributed by atoms with E-state index in [9.17, 15) is 14.0 Å². The molecule has 0 radical (unpaired) electrons. The van der Waals surface area contributed by atoms with Crippen LogP contribution < -0.4 is 5.32 Å². The minimum atomic E-state index is -0.503. The topological polar surface area (TPSA) is 84.4 Å². The first kappa shape index (κ1) is 19.4. The van der Waals surface area contributed by atoms with Crippen molar-refractivity contribution >= 4 is 17.5 Å². The van der Waals surface area contributed by atoms with Gasteiger partial charge in [0.2, 0.25) is 5.91 Å². The normalized spacial score (nSPS) is 19.1. The van der Waals surface area contributed by atoms with Crippen molar-refractivity contribution in [3.63, 3.8) is 0 Å². The van der Waals surface area contributed by atoms with Gasteiger partial charge in [0.1, 0.15) is 11.6 Å². The van der Waals surface area contributed by atoms with Gasteiger partial charge in [-0.25, -0.2) is 14.4 Å². The number of para-hydroxylation sites is 1. The third-order valence-electron chi connectivity index (χ3n) is 5.23. The summed E-state index contributed by atoms with van der Waals surface area (Å²) in [5.41, 5.74) is 1.20. The number of anilines is 1. The molecule has 1 aromatic carbocycles. The maximum absolute atomic E-state index is 13.8. The highest BCUT2D eigenvalue weighted by molar-refractivity contribution is 5.96. The second-order valence-corrected chi connectivity index (χ2v) is 7.46. The monoisotopic (exact) mass is 398 g/mol. The van der Waals surface area contributed by atoms with Crippen molar-refractivity contribution in [2.24, 2.45) is 0 Å². The van der Waals surface area contributed by atoms with Crippen LogP contribution in [-0.4, -0.2) is 52.5 Å². The summed E-state index contributed by atoms with van der Waals surface area (Å²) in [6.07, 6.45) is 3.79. The van der Waals surface area contributed by atoms with Gasteiger partial charge < -0.3 is 15.0 Å². The van der Waals surface area contributed by atoms with Crippen LogP contribution in [0.1, 0.15) is 47.1 Å². The molecule has 8 heteroatoms. The number of amides is 2. The molecule has 1 N–H and O–H groups in total. The van der Waals surface area contributed by atoms with E-state index >= 15 is 0 Å². The molecule has 0 spiro atoms. The second-order valence-electron chi connectivity index (χ2n) is 7.46. The number of rotatable bonds is 5. The standard InChI is InChI=1S/C21H23FN4O3/c1-13-16(11-23-20(24-13)14-6-7-14)21(28)26-8-9-29-12-15(26)10-19(27)25-18-5-3-2-4-17(18)22/h2-5,11,14-15H,6-10,12H2,1H3,(H,25,27)/t15-/m0/s1. The lowest BCUT2D eigenvalue weighted by Gasteiger charge is -2.35. The number of aromatic nitrogens is 2. The Bertz CT molecular complexity index is 932. The third kappa shape index (κ3) is 4.42. The van der Waals surface area contributed by atoms with E-state index in [1.807, 2.05) is 0 Å². The van der Waals surface area contributed by atoms with Crippen LogP contribution >= 0.6 is 0 Å². The first-order valence-corrected chi connectivity index (χ1v) is 9.79. The maximum atomic E-state index is 13.8. The summed E-state index contributed by atoms with van der Waals surface area (Å²) in [5.74, 6) is 0.118. The van der Waals surface area contributed by atoms with Gasteiger partial charge in [-0.1, -0.05) is 12.1 Å². The number of benzene rings is 1. The molecule has 152 valence electrons. The largest absolute Gasteiger partial charge is 0.377 e. The zero-order valence-corrected chi connectivity index (χ0v) is 16.2. The zero-order chi connectivity index (χ0) is 20.4. The first-order valence-electron chi connectivity index (χ1n) is 9.79. The molecule has 2 aromatic rings. The molecule has 2 heterocycles. The summed E-state index contributed by atoms with van der Waals surface area (Å²) < 4.78 is 19.3. The van der Waals surface area contributed by atoms with Crippen LogP contribution in [0.4, 0.5) is 10.1 Å². The average Bonchev–Trinajstić information content (AvgIpc) is 3.55. The lowest BCUT2D eigenvalue weighted by Crippen LogP contribution is -2.50. The highest BCUT2D eigenvalue weighted by atomic mass is 19.1. The molecule has 1 saturated carbocycles. The number of aryl methyl sites for hydroxylation is 1. The zero-order valence-electron chi connectivity index (χ0n) is 16.2.